The van der Waals surface area contributed by atoms with Gasteiger partial charge in [0.2, 0.25) is 0 Å². The van der Waals surface area contributed by atoms with E-state index in [2.05, 4.69) is 168 Å². The van der Waals surface area contributed by atoms with Crippen molar-refractivity contribution in [2.24, 2.45) is 0 Å². The molecule has 1 nitrogen and oxygen atoms in total. The van der Waals surface area contributed by atoms with E-state index in [9.17, 15) is 0 Å². The van der Waals surface area contributed by atoms with Gasteiger partial charge in [-0.1, -0.05) is 186 Å². The van der Waals surface area contributed by atoms with E-state index in [4.69, 9.17) is 0 Å². The first-order chi connectivity index (χ1) is 27.2. The Bertz CT molecular complexity index is 3300. The molecule has 0 radical (unpaired) electrons. The van der Waals surface area contributed by atoms with Crippen LogP contribution in [-0.4, -0.2) is 0 Å². The summed E-state index contributed by atoms with van der Waals surface area (Å²) in [6, 6.07) is 66.6. The van der Waals surface area contributed by atoms with Crippen LogP contribution >= 0.6 is 15.9 Å². The van der Waals surface area contributed by atoms with Gasteiger partial charge in [0.25, 0.3) is 0 Å². The number of hydrogen-bond acceptors (Lipinski definition) is 1. The molecule has 0 N–H and O–H groups in total. The molecule has 11 aromatic rings. The summed E-state index contributed by atoms with van der Waals surface area (Å²) in [6.07, 6.45) is 0. The van der Waals surface area contributed by atoms with E-state index in [-0.39, 0.29) is 5.43 Å². The van der Waals surface area contributed by atoms with E-state index in [1.165, 1.54) is 49.0 Å². The normalized spacial score (nSPS) is 11.8. The summed E-state index contributed by atoms with van der Waals surface area (Å²) >= 11 is 3.79. The maximum absolute atomic E-state index is 15.1. The van der Waals surface area contributed by atoms with E-state index < -0.39 is 0 Å². The molecule has 2 heteroatoms. The monoisotopic (exact) mass is 762 g/mol. The second-order valence-electron chi connectivity index (χ2n) is 14.4. The third kappa shape index (κ3) is 4.75. The molecule has 0 heterocycles. The Morgan fingerprint density at radius 3 is 1.15 bits per heavy atom. The van der Waals surface area contributed by atoms with Crippen LogP contribution in [0, 0.1) is 0 Å². The first-order valence-corrected chi connectivity index (χ1v) is 19.5. The molecule has 0 bridgehead atoms. The molecule has 0 saturated carbocycles. The number of rotatable bonds is 5. The third-order valence-electron chi connectivity index (χ3n) is 11.4. The highest BCUT2D eigenvalue weighted by Gasteiger charge is 2.28. The van der Waals surface area contributed by atoms with Crippen LogP contribution in [0.5, 0.6) is 0 Å². The average molecular weight is 764 g/mol. The third-order valence-corrected chi connectivity index (χ3v) is 11.9. The van der Waals surface area contributed by atoms with Crippen LogP contribution in [0.4, 0.5) is 0 Å². The topological polar surface area (TPSA) is 17.1 Å². The van der Waals surface area contributed by atoms with Crippen molar-refractivity contribution in [1.82, 2.24) is 0 Å². The zero-order chi connectivity index (χ0) is 36.6. The van der Waals surface area contributed by atoms with E-state index in [1.54, 1.807) is 0 Å². The van der Waals surface area contributed by atoms with Crippen molar-refractivity contribution in [3.63, 3.8) is 0 Å². The Morgan fingerprint density at radius 1 is 0.291 bits per heavy atom. The Hall–Kier alpha value is -6.61. The van der Waals surface area contributed by atoms with E-state index in [1.807, 2.05) is 36.4 Å². The minimum Gasteiger partial charge on any atom is -0.289 e. The highest BCUT2D eigenvalue weighted by molar-refractivity contribution is 9.10. The van der Waals surface area contributed by atoms with Crippen molar-refractivity contribution in [2.45, 2.75) is 0 Å². The van der Waals surface area contributed by atoms with Gasteiger partial charge in [0.15, 0.2) is 5.43 Å². The molecule has 0 aromatic heterocycles. The molecule has 0 fully saturated rings. The van der Waals surface area contributed by atoms with Gasteiger partial charge in [-0.25, -0.2) is 0 Å². The molecule has 0 unspecified atom stereocenters. The van der Waals surface area contributed by atoms with Crippen LogP contribution < -0.4 is 5.43 Å². The van der Waals surface area contributed by atoms with Crippen LogP contribution in [-0.2, 0) is 0 Å². The molecule has 256 valence electrons. The van der Waals surface area contributed by atoms with Gasteiger partial charge in [-0.15, -0.1) is 0 Å². The predicted molar refractivity (Wildman–Crippen MR) is 237 cm³/mol. The van der Waals surface area contributed by atoms with Gasteiger partial charge in [0.05, 0.1) is 0 Å². The lowest BCUT2D eigenvalue weighted by Gasteiger charge is -2.24. The minimum absolute atomic E-state index is 0.0701. The van der Waals surface area contributed by atoms with Crippen molar-refractivity contribution in [1.29, 1.82) is 0 Å². The van der Waals surface area contributed by atoms with Gasteiger partial charge in [0, 0.05) is 26.4 Å². The predicted octanol–water partition coefficient (Wildman–Crippen LogP) is 14.8. The summed E-state index contributed by atoms with van der Waals surface area (Å²) in [4.78, 5) is 15.1. The molecular formula is C53H31BrO. The Morgan fingerprint density at radius 2 is 0.673 bits per heavy atom. The Labute approximate surface area is 326 Å². The van der Waals surface area contributed by atoms with Gasteiger partial charge < -0.3 is 0 Å². The summed E-state index contributed by atoms with van der Waals surface area (Å²) in [5.74, 6) is 0. The van der Waals surface area contributed by atoms with Gasteiger partial charge in [-0.2, -0.15) is 0 Å². The maximum atomic E-state index is 15.1. The first-order valence-electron chi connectivity index (χ1n) is 18.7. The van der Waals surface area contributed by atoms with Crippen LogP contribution in [0.25, 0.3) is 109 Å². The zero-order valence-electron chi connectivity index (χ0n) is 29.7. The quantitative estimate of drug-likeness (QED) is 0.126. The molecule has 0 atom stereocenters. The van der Waals surface area contributed by atoms with Gasteiger partial charge in [-0.3, -0.25) is 4.79 Å². The molecule has 0 saturated heterocycles. The Balaban J connectivity index is 1.45. The van der Waals surface area contributed by atoms with Crippen molar-refractivity contribution < 1.29 is 0 Å². The summed E-state index contributed by atoms with van der Waals surface area (Å²) in [7, 11) is 0. The molecule has 11 aromatic carbocycles. The van der Waals surface area contributed by atoms with Crippen molar-refractivity contribution >= 4 is 69.8 Å². The van der Waals surface area contributed by atoms with Crippen LogP contribution in [0.15, 0.2) is 197 Å². The second kappa shape index (κ2) is 12.5. The molecule has 55 heavy (non-hydrogen) atoms. The molecule has 0 amide bonds. The number of hydrogen-bond donors (Lipinski definition) is 0. The van der Waals surface area contributed by atoms with E-state index in [0.717, 1.165) is 65.0 Å². The van der Waals surface area contributed by atoms with Crippen LogP contribution in [0.3, 0.4) is 0 Å². The lowest BCUT2D eigenvalue weighted by atomic mass is 9.79. The summed E-state index contributed by atoms with van der Waals surface area (Å²) in [5.41, 5.74) is 10.5. The lowest BCUT2D eigenvalue weighted by Crippen LogP contribution is -2.01. The summed E-state index contributed by atoms with van der Waals surface area (Å²) < 4.78 is 1.04. The van der Waals surface area contributed by atoms with Crippen molar-refractivity contribution in [2.75, 3.05) is 0 Å². The molecule has 0 spiro atoms. The van der Waals surface area contributed by atoms with E-state index >= 15 is 4.79 Å². The van der Waals surface area contributed by atoms with Gasteiger partial charge in [-0.05, 0) is 106 Å². The average Bonchev–Trinajstić information content (AvgIpc) is 3.56. The maximum Gasteiger partial charge on any atom is 0.195 e. The summed E-state index contributed by atoms with van der Waals surface area (Å²) in [5, 5.41) is 11.4. The zero-order valence-corrected chi connectivity index (χ0v) is 31.3. The summed E-state index contributed by atoms with van der Waals surface area (Å²) in [6.45, 7) is 0. The number of fused-ring (bicyclic) bond motifs is 6. The highest BCUT2D eigenvalue weighted by atomic mass is 79.9. The smallest absolute Gasteiger partial charge is 0.195 e. The van der Waals surface area contributed by atoms with Crippen molar-refractivity contribution in [3.8, 4) is 55.6 Å². The lowest BCUT2D eigenvalue weighted by molar-refractivity contribution is 1.58. The fourth-order valence-electron chi connectivity index (χ4n) is 9.24. The molecular weight excluding hydrogens is 732 g/mol. The number of halogens is 1. The van der Waals surface area contributed by atoms with Gasteiger partial charge in [0.1, 0.15) is 0 Å². The molecule has 0 aliphatic carbocycles. The Kier molecular flexibility index (Phi) is 7.23. The fraction of sp³-hybridized carbons (Fsp3) is 0. The van der Waals surface area contributed by atoms with E-state index in [0.29, 0.717) is 0 Å². The first kappa shape index (κ1) is 31.9. The second-order valence-corrected chi connectivity index (χ2v) is 15.3. The fourth-order valence-corrected chi connectivity index (χ4v) is 9.64. The minimum atomic E-state index is 0.0701. The van der Waals surface area contributed by atoms with Crippen molar-refractivity contribution in [3.05, 3.63) is 203 Å². The molecule has 0 aliphatic heterocycles. The largest absolute Gasteiger partial charge is 0.289 e. The molecule has 11 rings (SSSR count). The highest BCUT2D eigenvalue weighted by Crippen LogP contribution is 2.54. The van der Waals surface area contributed by atoms with Gasteiger partial charge >= 0.3 is 0 Å². The molecule has 0 aliphatic rings. The van der Waals surface area contributed by atoms with Crippen LogP contribution in [0.2, 0.25) is 0 Å². The van der Waals surface area contributed by atoms with Crippen LogP contribution in [0.1, 0.15) is 0 Å². The SMILES string of the molecule is O=c1c(-c2ccccc2)c2c3cccc4c5c(-c6ccccc6)cc(-c6cccc(Br)c6)c(-c6ccccc6)c5c5cccc(c2c1-c1ccccc1)c5c43. The number of benzene rings is 10. The standard InChI is InChI=1S/C53H31BrO/c54-37-25-13-24-36(30-37)43-31-42(32-16-5-1-6-17-32)49-38-26-14-28-40-47(38)48-39(50(49)44(43)33-18-7-2-8-19-33)27-15-29-41(48)52-46(35-22-11-4-12-23-35)53(55)45(51(40)52)34-20-9-3-10-21-34/h1-31H.